The Labute approximate surface area is 113 Å². The number of halogens is 2. The Morgan fingerprint density at radius 2 is 2.00 bits per heavy atom. The molecule has 1 aliphatic rings. The van der Waals surface area contributed by atoms with Gasteiger partial charge in [0.1, 0.15) is 22.9 Å². The zero-order chi connectivity index (χ0) is 14.3. The van der Waals surface area contributed by atoms with Crippen LogP contribution in [0.4, 0.5) is 8.78 Å². The van der Waals surface area contributed by atoms with Crippen molar-refractivity contribution in [1.29, 1.82) is 0 Å². The molecule has 1 saturated carbocycles. The van der Waals surface area contributed by atoms with Crippen molar-refractivity contribution in [2.24, 2.45) is 0 Å². The number of ether oxygens (including phenoxy) is 1. The first kappa shape index (κ1) is 12.8. The summed E-state index contributed by atoms with van der Waals surface area (Å²) in [4.78, 5) is 11.9. The van der Waals surface area contributed by atoms with Crippen molar-refractivity contribution in [2.75, 3.05) is 7.11 Å². The maximum Gasteiger partial charge on any atom is 0.343 e. The second-order valence-electron chi connectivity index (χ2n) is 4.63. The Bertz CT molecular complexity index is 657. The van der Waals surface area contributed by atoms with Crippen LogP contribution >= 0.6 is 0 Å². The average Bonchev–Trinajstić information content (AvgIpc) is 3.18. The van der Waals surface area contributed by atoms with Crippen LogP contribution < -0.4 is 0 Å². The normalized spacial score (nSPS) is 14.3. The molecule has 2 aromatic rings. The highest BCUT2D eigenvalue weighted by atomic mass is 19.1. The number of esters is 1. The predicted molar refractivity (Wildman–Crippen MR) is 65.2 cm³/mol. The molecule has 1 fully saturated rings. The van der Waals surface area contributed by atoms with E-state index in [1.54, 1.807) is 0 Å². The van der Waals surface area contributed by atoms with Gasteiger partial charge in [0, 0.05) is 5.92 Å². The summed E-state index contributed by atoms with van der Waals surface area (Å²) in [5, 5.41) is 3.68. The van der Waals surface area contributed by atoms with Crippen LogP contribution in [0.25, 0.3) is 11.3 Å². The van der Waals surface area contributed by atoms with Crippen LogP contribution in [0.15, 0.2) is 22.7 Å². The topological polar surface area (TPSA) is 52.3 Å². The lowest BCUT2D eigenvalue weighted by molar-refractivity contribution is 0.0599. The van der Waals surface area contributed by atoms with Crippen molar-refractivity contribution >= 4 is 5.97 Å². The number of hydrogen-bond acceptors (Lipinski definition) is 4. The lowest BCUT2D eigenvalue weighted by Crippen LogP contribution is -2.06. The first-order valence-electron chi connectivity index (χ1n) is 6.15. The molecule has 6 heteroatoms. The van der Waals surface area contributed by atoms with Gasteiger partial charge < -0.3 is 9.26 Å². The minimum absolute atomic E-state index is 0.0130. The largest absolute Gasteiger partial charge is 0.465 e. The molecule has 4 nitrogen and oxygen atoms in total. The van der Waals surface area contributed by atoms with E-state index in [0.717, 1.165) is 25.0 Å². The standard InChI is InChI=1S/C14H11F2NO3/c1-19-14(18)11-12(17-20-13(11)7-5-6-7)10-8(15)3-2-4-9(10)16/h2-4,7H,5-6H2,1H3. The first-order chi connectivity index (χ1) is 9.63. The molecule has 0 N–H and O–H groups in total. The Kier molecular flexibility index (Phi) is 3.00. The molecule has 0 spiro atoms. The van der Waals surface area contributed by atoms with Crippen LogP contribution in [-0.4, -0.2) is 18.2 Å². The van der Waals surface area contributed by atoms with E-state index in [2.05, 4.69) is 9.89 Å². The van der Waals surface area contributed by atoms with Gasteiger partial charge >= 0.3 is 5.97 Å². The molecule has 1 aliphatic carbocycles. The van der Waals surface area contributed by atoms with Crippen LogP contribution in [0.2, 0.25) is 0 Å². The van der Waals surface area contributed by atoms with Crippen molar-refractivity contribution in [3.63, 3.8) is 0 Å². The third kappa shape index (κ3) is 1.97. The van der Waals surface area contributed by atoms with Gasteiger partial charge in [0.15, 0.2) is 5.76 Å². The Morgan fingerprint density at radius 3 is 2.55 bits per heavy atom. The van der Waals surface area contributed by atoms with Gasteiger partial charge in [0.05, 0.1) is 12.7 Å². The molecule has 0 unspecified atom stereocenters. The molecule has 104 valence electrons. The number of benzene rings is 1. The molecule has 1 aromatic heterocycles. The second-order valence-corrected chi connectivity index (χ2v) is 4.63. The molecular formula is C14H11F2NO3. The van der Waals surface area contributed by atoms with Crippen molar-refractivity contribution in [3.05, 3.63) is 41.2 Å². The van der Waals surface area contributed by atoms with Crippen LogP contribution in [-0.2, 0) is 4.74 Å². The molecule has 3 rings (SSSR count). The fraction of sp³-hybridized carbons (Fsp3) is 0.286. The quantitative estimate of drug-likeness (QED) is 0.809. The lowest BCUT2D eigenvalue weighted by Gasteiger charge is -2.04. The molecule has 0 amide bonds. The average molecular weight is 279 g/mol. The monoisotopic (exact) mass is 279 g/mol. The number of carbonyl (C=O) groups excluding carboxylic acids is 1. The zero-order valence-electron chi connectivity index (χ0n) is 10.7. The van der Waals surface area contributed by atoms with Gasteiger partial charge in [0.2, 0.25) is 0 Å². The number of aromatic nitrogens is 1. The summed E-state index contributed by atoms with van der Waals surface area (Å²) in [6.45, 7) is 0. The SMILES string of the molecule is COC(=O)c1c(-c2c(F)cccc2F)noc1C1CC1. The molecule has 0 bridgehead atoms. The van der Waals surface area contributed by atoms with Crippen molar-refractivity contribution in [2.45, 2.75) is 18.8 Å². The fourth-order valence-electron chi connectivity index (χ4n) is 2.12. The summed E-state index contributed by atoms with van der Waals surface area (Å²) in [5.74, 6) is -1.89. The number of hydrogen-bond donors (Lipinski definition) is 0. The van der Waals surface area contributed by atoms with E-state index >= 15 is 0 Å². The van der Waals surface area contributed by atoms with E-state index in [1.165, 1.54) is 13.2 Å². The molecule has 1 aromatic carbocycles. The van der Waals surface area contributed by atoms with Crippen LogP contribution in [0.5, 0.6) is 0 Å². The van der Waals surface area contributed by atoms with Gasteiger partial charge in [-0.3, -0.25) is 0 Å². The van der Waals surface area contributed by atoms with E-state index in [1.807, 2.05) is 0 Å². The van der Waals surface area contributed by atoms with Crippen LogP contribution in [0.3, 0.4) is 0 Å². The Hall–Kier alpha value is -2.24. The van der Waals surface area contributed by atoms with E-state index in [9.17, 15) is 13.6 Å². The highest BCUT2D eigenvalue weighted by Crippen LogP contribution is 2.44. The Balaban J connectivity index is 2.21. The second kappa shape index (κ2) is 4.70. The number of rotatable bonds is 3. The van der Waals surface area contributed by atoms with Gasteiger partial charge in [-0.05, 0) is 25.0 Å². The zero-order valence-corrected chi connectivity index (χ0v) is 10.7. The van der Waals surface area contributed by atoms with E-state index in [4.69, 9.17) is 4.52 Å². The molecule has 1 heterocycles. The predicted octanol–water partition coefficient (Wildman–Crippen LogP) is 3.28. The minimum Gasteiger partial charge on any atom is -0.465 e. The van der Waals surface area contributed by atoms with Crippen molar-refractivity contribution in [1.82, 2.24) is 5.16 Å². The third-order valence-electron chi connectivity index (χ3n) is 3.26. The highest BCUT2D eigenvalue weighted by molar-refractivity contribution is 5.97. The van der Waals surface area contributed by atoms with E-state index in [0.29, 0.717) is 5.76 Å². The van der Waals surface area contributed by atoms with Gasteiger partial charge in [0.25, 0.3) is 0 Å². The van der Waals surface area contributed by atoms with E-state index < -0.39 is 17.6 Å². The fourth-order valence-corrected chi connectivity index (χ4v) is 2.12. The van der Waals surface area contributed by atoms with Crippen LogP contribution in [0, 0.1) is 11.6 Å². The summed E-state index contributed by atoms with van der Waals surface area (Å²) < 4.78 is 37.5. The number of methoxy groups -OCH3 is 1. The highest BCUT2D eigenvalue weighted by Gasteiger charge is 2.37. The lowest BCUT2D eigenvalue weighted by atomic mass is 10.0. The molecule has 0 aliphatic heterocycles. The smallest absolute Gasteiger partial charge is 0.343 e. The van der Waals surface area contributed by atoms with Crippen molar-refractivity contribution in [3.8, 4) is 11.3 Å². The minimum atomic E-state index is -0.800. The van der Waals surface area contributed by atoms with Gasteiger partial charge in [-0.1, -0.05) is 11.2 Å². The summed E-state index contributed by atoms with van der Waals surface area (Å²) >= 11 is 0. The van der Waals surface area contributed by atoms with E-state index in [-0.39, 0.29) is 22.7 Å². The summed E-state index contributed by atoms with van der Waals surface area (Å²) in [7, 11) is 1.20. The Morgan fingerprint density at radius 1 is 1.35 bits per heavy atom. The number of carbonyl (C=O) groups is 1. The number of nitrogens with zero attached hydrogens (tertiary/aromatic N) is 1. The van der Waals surface area contributed by atoms with Crippen molar-refractivity contribution < 1.29 is 22.8 Å². The first-order valence-corrected chi connectivity index (χ1v) is 6.15. The summed E-state index contributed by atoms with van der Waals surface area (Å²) in [6, 6.07) is 3.45. The third-order valence-corrected chi connectivity index (χ3v) is 3.26. The molecule has 0 radical (unpaired) electrons. The molecular weight excluding hydrogens is 268 g/mol. The molecule has 0 saturated heterocycles. The van der Waals surface area contributed by atoms with Gasteiger partial charge in [-0.15, -0.1) is 0 Å². The van der Waals surface area contributed by atoms with Gasteiger partial charge in [-0.2, -0.15) is 0 Å². The molecule has 0 atom stereocenters. The maximum absolute atomic E-state index is 13.8. The maximum atomic E-state index is 13.8. The van der Waals surface area contributed by atoms with Crippen LogP contribution in [0.1, 0.15) is 34.9 Å². The molecule has 20 heavy (non-hydrogen) atoms. The summed E-state index contributed by atoms with van der Waals surface area (Å²) in [6.07, 6.45) is 1.72. The van der Waals surface area contributed by atoms with Gasteiger partial charge in [-0.25, -0.2) is 13.6 Å². The summed E-state index contributed by atoms with van der Waals surface area (Å²) in [5.41, 5.74) is -0.503.